The van der Waals surface area contributed by atoms with E-state index in [2.05, 4.69) is 5.32 Å². The number of hydrogen-bond acceptors (Lipinski definition) is 3. The van der Waals surface area contributed by atoms with Gasteiger partial charge in [0, 0.05) is 6.54 Å². The Morgan fingerprint density at radius 2 is 1.57 bits per heavy atom. The molecule has 2 aromatic carbocycles. The standard InChI is InChI=1S/C20H18F7NO2/c1-11(30-18-17(28-7-8-29-18)12-5-3-2-4-6-12)13-9-14(19(22,23)24)16(21)15(10-13)20(25,26)27/h2-6,9-11,17-18,28H,7-8H2,1H3. The summed E-state index contributed by atoms with van der Waals surface area (Å²) in [5.74, 6) is -2.36. The van der Waals surface area contributed by atoms with Gasteiger partial charge in [-0.3, -0.25) is 0 Å². The highest BCUT2D eigenvalue weighted by Gasteiger charge is 2.42. The number of nitrogens with one attached hydrogen (secondary N) is 1. The van der Waals surface area contributed by atoms with Gasteiger partial charge in [-0.2, -0.15) is 26.3 Å². The first-order valence-corrected chi connectivity index (χ1v) is 9.01. The number of halogens is 7. The minimum atomic E-state index is -5.30. The normalized spacial score (nSPS) is 21.5. The van der Waals surface area contributed by atoms with E-state index >= 15 is 0 Å². The minimum Gasteiger partial charge on any atom is -0.349 e. The maximum absolute atomic E-state index is 13.9. The van der Waals surface area contributed by atoms with Gasteiger partial charge in [-0.15, -0.1) is 0 Å². The predicted octanol–water partition coefficient (Wildman–Crippen LogP) is 5.63. The molecule has 3 rings (SSSR count). The van der Waals surface area contributed by atoms with Crippen LogP contribution in [0.25, 0.3) is 0 Å². The van der Waals surface area contributed by atoms with E-state index in [0.717, 1.165) is 5.56 Å². The molecule has 0 radical (unpaired) electrons. The van der Waals surface area contributed by atoms with Crippen molar-refractivity contribution in [3.63, 3.8) is 0 Å². The van der Waals surface area contributed by atoms with Crippen LogP contribution in [-0.2, 0) is 21.8 Å². The summed E-state index contributed by atoms with van der Waals surface area (Å²) in [7, 11) is 0. The summed E-state index contributed by atoms with van der Waals surface area (Å²) in [5, 5.41) is 3.15. The highest BCUT2D eigenvalue weighted by molar-refractivity contribution is 5.36. The summed E-state index contributed by atoms with van der Waals surface area (Å²) in [6.07, 6.45) is -12.8. The van der Waals surface area contributed by atoms with Crippen LogP contribution in [0.2, 0.25) is 0 Å². The lowest BCUT2D eigenvalue weighted by Gasteiger charge is -2.34. The molecule has 1 fully saturated rings. The Labute approximate surface area is 167 Å². The summed E-state index contributed by atoms with van der Waals surface area (Å²) in [5.41, 5.74) is -3.67. The second-order valence-corrected chi connectivity index (χ2v) is 6.79. The average Bonchev–Trinajstić information content (AvgIpc) is 2.67. The summed E-state index contributed by atoms with van der Waals surface area (Å²) in [6, 6.07) is 9.11. The fraction of sp³-hybridized carbons (Fsp3) is 0.400. The number of hydrogen-bond donors (Lipinski definition) is 1. The molecule has 1 aliphatic rings. The topological polar surface area (TPSA) is 30.5 Å². The molecule has 1 aliphatic heterocycles. The Balaban J connectivity index is 1.93. The monoisotopic (exact) mass is 437 g/mol. The zero-order valence-electron chi connectivity index (χ0n) is 15.6. The van der Waals surface area contributed by atoms with Crippen molar-refractivity contribution in [2.45, 2.75) is 37.7 Å². The van der Waals surface area contributed by atoms with Crippen molar-refractivity contribution in [2.75, 3.05) is 13.2 Å². The first kappa shape index (κ1) is 22.5. The second kappa shape index (κ2) is 8.52. The third kappa shape index (κ3) is 4.93. The van der Waals surface area contributed by atoms with E-state index in [4.69, 9.17) is 9.47 Å². The van der Waals surface area contributed by atoms with Gasteiger partial charge in [-0.1, -0.05) is 30.3 Å². The van der Waals surface area contributed by atoms with Crippen molar-refractivity contribution in [1.29, 1.82) is 0 Å². The van der Waals surface area contributed by atoms with Crippen molar-refractivity contribution in [2.24, 2.45) is 0 Å². The summed E-state index contributed by atoms with van der Waals surface area (Å²) in [6.45, 7) is 2.01. The van der Waals surface area contributed by atoms with Crippen LogP contribution < -0.4 is 5.32 Å². The van der Waals surface area contributed by atoms with Crippen LogP contribution in [0.1, 0.15) is 41.3 Å². The molecule has 3 atom stereocenters. The third-order valence-corrected chi connectivity index (χ3v) is 4.69. The summed E-state index contributed by atoms with van der Waals surface area (Å²) < 4.78 is 104. The zero-order chi connectivity index (χ0) is 22.1. The van der Waals surface area contributed by atoms with Crippen LogP contribution in [0, 0.1) is 5.82 Å². The van der Waals surface area contributed by atoms with Crippen LogP contribution in [0.3, 0.4) is 0 Å². The Morgan fingerprint density at radius 1 is 1.00 bits per heavy atom. The Kier molecular flexibility index (Phi) is 6.40. The lowest BCUT2D eigenvalue weighted by atomic mass is 10.00. The molecule has 1 N–H and O–H groups in total. The molecule has 0 aromatic heterocycles. The first-order valence-electron chi connectivity index (χ1n) is 9.01. The van der Waals surface area contributed by atoms with Crippen molar-refractivity contribution in [1.82, 2.24) is 5.32 Å². The summed E-state index contributed by atoms with van der Waals surface area (Å²) in [4.78, 5) is 0. The van der Waals surface area contributed by atoms with Crippen molar-refractivity contribution >= 4 is 0 Å². The maximum atomic E-state index is 13.9. The molecule has 30 heavy (non-hydrogen) atoms. The van der Waals surface area contributed by atoms with Crippen molar-refractivity contribution < 1.29 is 40.2 Å². The molecule has 0 saturated carbocycles. The molecule has 0 amide bonds. The van der Waals surface area contributed by atoms with Crippen molar-refractivity contribution in [3.8, 4) is 0 Å². The fourth-order valence-electron chi connectivity index (χ4n) is 3.21. The van der Waals surface area contributed by atoms with Gasteiger partial charge >= 0.3 is 12.4 Å². The Hall–Kier alpha value is -2.17. The molecule has 1 heterocycles. The van der Waals surface area contributed by atoms with Crippen molar-refractivity contribution in [3.05, 3.63) is 70.5 Å². The van der Waals surface area contributed by atoms with Gasteiger partial charge in [-0.05, 0) is 30.2 Å². The first-order chi connectivity index (χ1) is 14.0. The van der Waals surface area contributed by atoms with E-state index in [9.17, 15) is 30.7 Å². The molecule has 0 spiro atoms. The maximum Gasteiger partial charge on any atom is 0.419 e. The van der Waals surface area contributed by atoms with E-state index in [-0.39, 0.29) is 6.61 Å². The van der Waals surface area contributed by atoms with Crippen LogP contribution in [-0.4, -0.2) is 19.4 Å². The lowest BCUT2D eigenvalue weighted by Crippen LogP contribution is -2.43. The Bertz CT molecular complexity index is 833. The van der Waals surface area contributed by atoms with Crippen LogP contribution in [0.4, 0.5) is 30.7 Å². The number of alkyl halides is 6. The predicted molar refractivity (Wildman–Crippen MR) is 92.8 cm³/mol. The molecule has 2 aromatic rings. The SMILES string of the molecule is CC(OC1OCCNC1c1ccccc1)c1cc(C(F)(F)F)c(F)c(C(F)(F)F)c1. The fourth-order valence-corrected chi connectivity index (χ4v) is 3.21. The zero-order valence-corrected chi connectivity index (χ0v) is 15.6. The van der Waals surface area contributed by atoms with Crippen LogP contribution >= 0.6 is 0 Å². The van der Waals surface area contributed by atoms with Gasteiger partial charge in [0.2, 0.25) is 0 Å². The number of benzene rings is 2. The van der Waals surface area contributed by atoms with E-state index in [1.54, 1.807) is 30.3 Å². The molecular formula is C20H18F7NO2. The quantitative estimate of drug-likeness (QED) is 0.630. The molecule has 3 nitrogen and oxygen atoms in total. The summed E-state index contributed by atoms with van der Waals surface area (Å²) >= 11 is 0. The van der Waals surface area contributed by atoms with Crippen LogP contribution in [0.5, 0.6) is 0 Å². The van der Waals surface area contributed by atoms with E-state index < -0.39 is 53.3 Å². The van der Waals surface area contributed by atoms with Gasteiger partial charge in [0.1, 0.15) is 5.82 Å². The molecule has 10 heteroatoms. The molecule has 164 valence electrons. The smallest absolute Gasteiger partial charge is 0.349 e. The molecule has 0 bridgehead atoms. The van der Waals surface area contributed by atoms with E-state index in [1.807, 2.05) is 0 Å². The Morgan fingerprint density at radius 3 is 2.10 bits per heavy atom. The van der Waals surface area contributed by atoms with E-state index in [1.165, 1.54) is 6.92 Å². The number of rotatable bonds is 4. The van der Waals surface area contributed by atoms with Gasteiger partial charge in [0.05, 0.1) is 29.9 Å². The highest BCUT2D eigenvalue weighted by Crippen LogP contribution is 2.41. The molecule has 0 aliphatic carbocycles. The van der Waals surface area contributed by atoms with E-state index in [0.29, 0.717) is 18.7 Å². The van der Waals surface area contributed by atoms with Gasteiger partial charge in [0.15, 0.2) is 6.29 Å². The van der Waals surface area contributed by atoms with Gasteiger partial charge in [0.25, 0.3) is 0 Å². The van der Waals surface area contributed by atoms with Gasteiger partial charge in [-0.25, -0.2) is 4.39 Å². The largest absolute Gasteiger partial charge is 0.419 e. The third-order valence-electron chi connectivity index (χ3n) is 4.69. The minimum absolute atomic E-state index is 0.242. The molecule has 1 saturated heterocycles. The lowest BCUT2D eigenvalue weighted by molar-refractivity contribution is -0.200. The number of morpholine rings is 1. The van der Waals surface area contributed by atoms with Crippen LogP contribution in [0.15, 0.2) is 42.5 Å². The highest BCUT2D eigenvalue weighted by atomic mass is 19.4. The molecule has 3 unspecified atom stereocenters. The number of ether oxygens (including phenoxy) is 2. The van der Waals surface area contributed by atoms with Gasteiger partial charge < -0.3 is 14.8 Å². The molecular weight excluding hydrogens is 419 g/mol. The second-order valence-electron chi connectivity index (χ2n) is 6.79. The average molecular weight is 437 g/mol.